The predicted octanol–water partition coefficient (Wildman–Crippen LogP) is 3.78. The summed E-state index contributed by atoms with van der Waals surface area (Å²) < 4.78 is 34.8. The van der Waals surface area contributed by atoms with Crippen LogP contribution in [-0.4, -0.2) is 58.9 Å². The van der Waals surface area contributed by atoms with Gasteiger partial charge in [0.15, 0.2) is 0 Å². The van der Waals surface area contributed by atoms with Crippen molar-refractivity contribution in [2.45, 2.75) is 43.0 Å². The van der Waals surface area contributed by atoms with E-state index in [1.807, 2.05) is 13.8 Å². The van der Waals surface area contributed by atoms with E-state index in [2.05, 4.69) is 11.4 Å². The number of hydrogen-bond acceptors (Lipinski definition) is 7. The van der Waals surface area contributed by atoms with Crippen molar-refractivity contribution in [3.05, 3.63) is 89.0 Å². The van der Waals surface area contributed by atoms with Crippen molar-refractivity contribution in [1.82, 2.24) is 10.2 Å². The third-order valence-electron chi connectivity index (χ3n) is 7.49. The highest BCUT2D eigenvalue weighted by molar-refractivity contribution is 7.93. The SMILES string of the molecule is COc1ccccc1C1(CN[C@@H](C)C(=O)N(C)C)C(=O)N(S(=O)(=O)c2ccc(C(C)C)cc2)c2ccc(C#N)cc21. The fourth-order valence-electron chi connectivity index (χ4n) is 5.20. The zero-order valence-corrected chi connectivity index (χ0v) is 24.8. The van der Waals surface area contributed by atoms with E-state index in [9.17, 15) is 23.3 Å². The number of nitrogens with zero attached hydrogens (tertiary/aromatic N) is 3. The van der Waals surface area contributed by atoms with Gasteiger partial charge in [0, 0.05) is 26.2 Å². The largest absolute Gasteiger partial charge is 0.496 e. The highest BCUT2D eigenvalue weighted by Gasteiger charge is 2.57. The molecule has 2 amide bonds. The molecule has 4 rings (SSSR count). The lowest BCUT2D eigenvalue weighted by atomic mass is 9.74. The maximum atomic E-state index is 14.7. The molecule has 2 atom stereocenters. The Morgan fingerprint density at radius 3 is 2.29 bits per heavy atom. The van der Waals surface area contributed by atoms with Gasteiger partial charge in [0.1, 0.15) is 11.2 Å². The molecule has 0 saturated heterocycles. The molecule has 1 N–H and O–H groups in total. The summed E-state index contributed by atoms with van der Waals surface area (Å²) >= 11 is 0. The molecule has 0 aliphatic carbocycles. The zero-order chi connectivity index (χ0) is 30.1. The standard InChI is InChI=1S/C31H34N4O5S/c1-20(2)23-12-14-24(15-13-23)41(38,39)35-27-16-11-22(18-32)17-26(27)31(30(35)37,19-33-21(3)29(36)34(4)5)25-9-7-8-10-28(25)40-6/h7-17,20-21,33H,19H2,1-6H3/t21-,31?/m0/s1. The number of carbonyl (C=O) groups is 2. The van der Waals surface area contributed by atoms with Crippen molar-refractivity contribution in [2.24, 2.45) is 0 Å². The Labute approximate surface area is 241 Å². The maximum Gasteiger partial charge on any atom is 0.270 e. The highest BCUT2D eigenvalue weighted by Crippen LogP contribution is 2.50. The number of para-hydroxylation sites is 1. The molecule has 41 heavy (non-hydrogen) atoms. The van der Waals surface area contributed by atoms with E-state index >= 15 is 0 Å². The van der Waals surface area contributed by atoms with Crippen LogP contribution in [0.15, 0.2) is 71.6 Å². The smallest absolute Gasteiger partial charge is 0.270 e. The number of likely N-dealkylation sites (N-methyl/N-ethyl adjacent to an activating group) is 1. The molecule has 0 bridgehead atoms. The summed E-state index contributed by atoms with van der Waals surface area (Å²) in [6.07, 6.45) is 0. The molecule has 9 nitrogen and oxygen atoms in total. The van der Waals surface area contributed by atoms with Crippen LogP contribution in [0.3, 0.4) is 0 Å². The molecule has 0 spiro atoms. The van der Waals surface area contributed by atoms with E-state index in [4.69, 9.17) is 4.74 Å². The molecule has 214 valence electrons. The lowest BCUT2D eigenvalue weighted by Gasteiger charge is -2.32. The molecule has 0 aromatic heterocycles. The third kappa shape index (κ3) is 5.07. The third-order valence-corrected chi connectivity index (χ3v) is 9.20. The Morgan fingerprint density at radius 1 is 1.05 bits per heavy atom. The number of rotatable bonds is 9. The molecular weight excluding hydrogens is 540 g/mol. The quantitative estimate of drug-likeness (QED) is 0.413. The first kappa shape index (κ1) is 29.8. The van der Waals surface area contributed by atoms with Crippen LogP contribution in [0.5, 0.6) is 5.75 Å². The van der Waals surface area contributed by atoms with Crippen LogP contribution >= 0.6 is 0 Å². The molecule has 1 aliphatic heterocycles. The summed E-state index contributed by atoms with van der Waals surface area (Å²) in [4.78, 5) is 28.9. The number of anilines is 1. The minimum absolute atomic E-state index is 0.0366. The molecule has 1 aliphatic rings. The van der Waals surface area contributed by atoms with Crippen LogP contribution in [-0.2, 0) is 25.0 Å². The zero-order valence-electron chi connectivity index (χ0n) is 24.0. The van der Waals surface area contributed by atoms with Crippen LogP contribution in [0, 0.1) is 11.3 Å². The van der Waals surface area contributed by atoms with Crippen molar-refractivity contribution in [1.29, 1.82) is 5.26 Å². The number of nitriles is 1. The molecule has 0 fully saturated rings. The first-order chi connectivity index (χ1) is 19.4. The van der Waals surface area contributed by atoms with Crippen molar-refractivity contribution in [2.75, 3.05) is 32.1 Å². The Bertz CT molecular complexity index is 1630. The predicted molar refractivity (Wildman–Crippen MR) is 156 cm³/mol. The minimum atomic E-state index is -4.37. The molecule has 1 heterocycles. The topological polar surface area (TPSA) is 120 Å². The van der Waals surface area contributed by atoms with Gasteiger partial charge in [-0.15, -0.1) is 0 Å². The Balaban J connectivity index is 1.98. The Kier molecular flexibility index (Phi) is 8.24. The number of carbonyl (C=O) groups excluding carboxylic acids is 2. The molecule has 10 heteroatoms. The average molecular weight is 575 g/mol. The van der Waals surface area contributed by atoms with Gasteiger partial charge in [0.2, 0.25) is 5.91 Å². The van der Waals surface area contributed by atoms with Gasteiger partial charge in [0.05, 0.1) is 35.4 Å². The number of hydrogen-bond donors (Lipinski definition) is 1. The maximum absolute atomic E-state index is 14.7. The molecule has 0 radical (unpaired) electrons. The van der Waals surface area contributed by atoms with Gasteiger partial charge in [-0.2, -0.15) is 5.26 Å². The first-order valence-corrected chi connectivity index (χ1v) is 14.7. The minimum Gasteiger partial charge on any atom is -0.496 e. The number of ether oxygens (including phenoxy) is 1. The van der Waals surface area contributed by atoms with Crippen molar-refractivity contribution >= 4 is 27.5 Å². The lowest BCUT2D eigenvalue weighted by molar-refractivity contribution is -0.131. The van der Waals surface area contributed by atoms with Gasteiger partial charge >= 0.3 is 0 Å². The molecule has 3 aromatic carbocycles. The molecular formula is C31H34N4O5S. The summed E-state index contributed by atoms with van der Waals surface area (Å²) in [7, 11) is 0.353. The molecule has 1 unspecified atom stereocenters. The second kappa shape index (κ2) is 11.4. The number of fused-ring (bicyclic) bond motifs is 1. The van der Waals surface area contributed by atoms with Crippen LogP contribution in [0.4, 0.5) is 5.69 Å². The van der Waals surface area contributed by atoms with Crippen LogP contribution in [0.25, 0.3) is 0 Å². The molecule has 0 saturated carbocycles. The van der Waals surface area contributed by atoms with Gasteiger partial charge in [-0.3, -0.25) is 9.59 Å². The summed E-state index contributed by atoms with van der Waals surface area (Å²) in [5.41, 5.74) is 0.456. The van der Waals surface area contributed by atoms with E-state index in [1.54, 1.807) is 57.4 Å². The highest BCUT2D eigenvalue weighted by atomic mass is 32.2. The number of methoxy groups -OCH3 is 1. The average Bonchev–Trinajstić information content (AvgIpc) is 3.22. The van der Waals surface area contributed by atoms with Crippen LogP contribution in [0.2, 0.25) is 0 Å². The van der Waals surface area contributed by atoms with Gasteiger partial charge in [-0.1, -0.05) is 44.2 Å². The summed E-state index contributed by atoms with van der Waals surface area (Å²) in [6.45, 7) is 5.56. The van der Waals surface area contributed by atoms with E-state index in [1.165, 1.54) is 42.3 Å². The normalized spacial score (nSPS) is 17.2. The van der Waals surface area contributed by atoms with Gasteiger partial charge < -0.3 is 15.0 Å². The fraction of sp³-hybridized carbons (Fsp3) is 0.323. The van der Waals surface area contributed by atoms with Crippen molar-refractivity contribution in [3.63, 3.8) is 0 Å². The number of benzene rings is 3. The van der Waals surface area contributed by atoms with Crippen molar-refractivity contribution < 1.29 is 22.7 Å². The lowest BCUT2D eigenvalue weighted by Crippen LogP contribution is -2.53. The second-order valence-corrected chi connectivity index (χ2v) is 12.4. The number of sulfonamides is 1. The fourth-order valence-corrected chi connectivity index (χ4v) is 6.68. The summed E-state index contributed by atoms with van der Waals surface area (Å²) in [6, 6.07) is 19.3. The molecule has 3 aromatic rings. The number of amides is 2. The van der Waals surface area contributed by atoms with E-state index < -0.39 is 27.4 Å². The van der Waals surface area contributed by atoms with E-state index in [0.717, 1.165) is 9.87 Å². The summed E-state index contributed by atoms with van der Waals surface area (Å²) in [5, 5.41) is 12.9. The Morgan fingerprint density at radius 2 is 1.71 bits per heavy atom. The van der Waals surface area contributed by atoms with Crippen LogP contribution < -0.4 is 14.4 Å². The monoisotopic (exact) mass is 574 g/mol. The van der Waals surface area contributed by atoms with E-state index in [0.29, 0.717) is 16.9 Å². The second-order valence-electron chi connectivity index (χ2n) is 10.6. The van der Waals surface area contributed by atoms with Gasteiger partial charge in [-0.05, 0) is 60.4 Å². The van der Waals surface area contributed by atoms with E-state index in [-0.39, 0.29) is 34.5 Å². The summed E-state index contributed by atoms with van der Waals surface area (Å²) in [5.74, 6) is -0.395. The van der Waals surface area contributed by atoms with Crippen LogP contribution in [0.1, 0.15) is 48.9 Å². The van der Waals surface area contributed by atoms with Gasteiger partial charge in [0.25, 0.3) is 15.9 Å². The Hall–Kier alpha value is -4.20. The van der Waals surface area contributed by atoms with Crippen molar-refractivity contribution in [3.8, 4) is 11.8 Å². The van der Waals surface area contributed by atoms with Gasteiger partial charge in [-0.25, -0.2) is 12.7 Å². The number of nitrogens with one attached hydrogen (secondary N) is 1. The first-order valence-electron chi connectivity index (χ1n) is 13.2.